The van der Waals surface area contributed by atoms with E-state index in [4.69, 9.17) is 0 Å². The molecule has 1 unspecified atom stereocenters. The van der Waals surface area contributed by atoms with Gasteiger partial charge in [-0.05, 0) is 25.0 Å². The Kier molecular flexibility index (Phi) is 4.05. The average molecular weight is 271 g/mol. The molecule has 15 heavy (non-hydrogen) atoms. The Bertz CT molecular complexity index is 358. The van der Waals surface area contributed by atoms with Gasteiger partial charge in [0.1, 0.15) is 5.60 Å². The van der Waals surface area contributed by atoms with Crippen LogP contribution in [0.2, 0.25) is 0 Å². The number of aliphatic hydroxyl groups is 1. The summed E-state index contributed by atoms with van der Waals surface area (Å²) >= 11 is 3.38. The second-order valence-corrected chi connectivity index (χ2v) is 4.67. The molecule has 0 heterocycles. The molecule has 0 bridgehead atoms. The van der Waals surface area contributed by atoms with E-state index in [0.29, 0.717) is 6.42 Å². The monoisotopic (exact) mass is 270 g/mol. The molecule has 1 aromatic carbocycles. The van der Waals surface area contributed by atoms with Crippen molar-refractivity contribution >= 4 is 21.7 Å². The molecule has 0 aliphatic carbocycles. The van der Waals surface area contributed by atoms with Gasteiger partial charge in [0.15, 0.2) is 5.78 Å². The Hall–Kier alpha value is -0.670. The van der Waals surface area contributed by atoms with E-state index in [-0.39, 0.29) is 12.2 Å². The van der Waals surface area contributed by atoms with Gasteiger partial charge >= 0.3 is 0 Å². The molecule has 2 nitrogen and oxygen atoms in total. The molecule has 0 spiro atoms. The molecule has 0 aromatic heterocycles. The van der Waals surface area contributed by atoms with Gasteiger partial charge in [-0.15, -0.1) is 0 Å². The minimum absolute atomic E-state index is 0.142. The Morgan fingerprint density at radius 1 is 1.47 bits per heavy atom. The number of ketones is 1. The molecule has 82 valence electrons. The van der Waals surface area contributed by atoms with Crippen LogP contribution in [0.15, 0.2) is 28.7 Å². The van der Waals surface area contributed by atoms with Gasteiger partial charge in [-0.25, -0.2) is 0 Å². The van der Waals surface area contributed by atoms with E-state index in [2.05, 4.69) is 15.9 Å². The van der Waals surface area contributed by atoms with Crippen molar-refractivity contribution in [2.75, 3.05) is 0 Å². The van der Waals surface area contributed by atoms with Crippen LogP contribution in [-0.2, 0) is 11.2 Å². The number of Topliss-reactive ketones (excluding diaryl/α,β-unsaturated/α-hetero) is 1. The van der Waals surface area contributed by atoms with E-state index in [9.17, 15) is 9.90 Å². The van der Waals surface area contributed by atoms with E-state index in [1.807, 2.05) is 24.3 Å². The van der Waals surface area contributed by atoms with Crippen molar-refractivity contribution < 1.29 is 9.90 Å². The molecule has 3 heteroatoms. The number of rotatable bonds is 4. The predicted molar refractivity (Wildman–Crippen MR) is 63.8 cm³/mol. The lowest BCUT2D eigenvalue weighted by molar-refractivity contribution is -0.135. The number of benzene rings is 1. The van der Waals surface area contributed by atoms with Crippen molar-refractivity contribution in [2.45, 2.75) is 32.3 Å². The highest BCUT2D eigenvalue weighted by Crippen LogP contribution is 2.20. The fourth-order valence-electron chi connectivity index (χ4n) is 1.20. The number of hydrogen-bond acceptors (Lipinski definition) is 2. The van der Waals surface area contributed by atoms with E-state index in [1.165, 1.54) is 0 Å². The number of halogens is 1. The lowest BCUT2D eigenvalue weighted by atomic mass is 9.93. The van der Waals surface area contributed by atoms with Crippen LogP contribution >= 0.6 is 15.9 Å². The molecule has 0 aliphatic rings. The van der Waals surface area contributed by atoms with Gasteiger partial charge in [-0.3, -0.25) is 4.79 Å². The van der Waals surface area contributed by atoms with Crippen LogP contribution in [0.3, 0.4) is 0 Å². The van der Waals surface area contributed by atoms with E-state index >= 15 is 0 Å². The minimum Gasteiger partial charge on any atom is -0.382 e. The van der Waals surface area contributed by atoms with E-state index in [1.54, 1.807) is 13.8 Å². The highest BCUT2D eigenvalue weighted by molar-refractivity contribution is 9.10. The topological polar surface area (TPSA) is 37.3 Å². The lowest BCUT2D eigenvalue weighted by Gasteiger charge is -2.19. The number of carbonyl (C=O) groups excluding carboxylic acids is 1. The number of hydrogen-bond donors (Lipinski definition) is 1. The molecule has 1 atom stereocenters. The standard InChI is InChI=1S/C12H15BrO2/c1-3-12(2,15)11(14)8-9-6-4-5-7-10(9)13/h4-7,15H,3,8H2,1-2H3. The molecule has 1 aromatic rings. The van der Waals surface area contributed by atoms with Gasteiger partial charge in [0.2, 0.25) is 0 Å². The summed E-state index contributed by atoms with van der Waals surface area (Å²) in [5.41, 5.74) is -0.300. The molecule has 0 saturated heterocycles. The molecule has 0 fully saturated rings. The maximum atomic E-state index is 11.7. The Labute approximate surface area is 98.4 Å². The van der Waals surface area contributed by atoms with Gasteiger partial charge in [0.25, 0.3) is 0 Å². The first-order chi connectivity index (χ1) is 6.97. The van der Waals surface area contributed by atoms with Gasteiger partial charge in [-0.2, -0.15) is 0 Å². The lowest BCUT2D eigenvalue weighted by Crippen LogP contribution is -2.35. The third kappa shape index (κ3) is 3.14. The molecular formula is C12H15BrO2. The molecule has 0 radical (unpaired) electrons. The fourth-order valence-corrected chi connectivity index (χ4v) is 1.63. The highest BCUT2D eigenvalue weighted by Gasteiger charge is 2.27. The molecular weight excluding hydrogens is 256 g/mol. The zero-order chi connectivity index (χ0) is 11.5. The summed E-state index contributed by atoms with van der Waals surface area (Å²) in [7, 11) is 0. The Balaban J connectivity index is 2.80. The summed E-state index contributed by atoms with van der Waals surface area (Å²) in [5.74, 6) is -0.142. The zero-order valence-corrected chi connectivity index (χ0v) is 10.5. The summed E-state index contributed by atoms with van der Waals surface area (Å²) in [6.07, 6.45) is 0.707. The molecule has 0 saturated carbocycles. The summed E-state index contributed by atoms with van der Waals surface area (Å²) in [4.78, 5) is 11.7. The van der Waals surface area contributed by atoms with Crippen molar-refractivity contribution in [2.24, 2.45) is 0 Å². The first kappa shape index (κ1) is 12.4. The summed E-state index contributed by atoms with van der Waals surface area (Å²) < 4.78 is 0.908. The van der Waals surface area contributed by atoms with Crippen molar-refractivity contribution in [3.05, 3.63) is 34.3 Å². The van der Waals surface area contributed by atoms with Crippen LogP contribution in [0.4, 0.5) is 0 Å². The van der Waals surface area contributed by atoms with Crippen LogP contribution in [0, 0.1) is 0 Å². The fraction of sp³-hybridized carbons (Fsp3) is 0.417. The normalized spacial score (nSPS) is 14.7. The van der Waals surface area contributed by atoms with Crippen LogP contribution in [0.1, 0.15) is 25.8 Å². The van der Waals surface area contributed by atoms with E-state index < -0.39 is 5.60 Å². The first-order valence-corrected chi connectivity index (χ1v) is 5.75. The predicted octanol–water partition coefficient (Wildman–Crippen LogP) is 2.72. The van der Waals surface area contributed by atoms with Gasteiger partial charge in [0.05, 0.1) is 0 Å². The second kappa shape index (κ2) is 4.90. The van der Waals surface area contributed by atoms with Gasteiger partial charge < -0.3 is 5.11 Å². The van der Waals surface area contributed by atoms with Gasteiger partial charge in [-0.1, -0.05) is 41.1 Å². The van der Waals surface area contributed by atoms with Gasteiger partial charge in [0, 0.05) is 10.9 Å². The molecule has 1 rings (SSSR count). The molecule has 1 N–H and O–H groups in total. The quantitative estimate of drug-likeness (QED) is 0.914. The molecule has 0 aliphatic heterocycles. The summed E-state index contributed by atoms with van der Waals surface area (Å²) in [6, 6.07) is 7.56. The smallest absolute Gasteiger partial charge is 0.168 e. The van der Waals surface area contributed by atoms with Crippen molar-refractivity contribution in [3.8, 4) is 0 Å². The summed E-state index contributed by atoms with van der Waals surface area (Å²) in [5, 5.41) is 9.78. The molecule has 0 amide bonds. The van der Waals surface area contributed by atoms with Crippen molar-refractivity contribution in [1.29, 1.82) is 0 Å². The third-order valence-corrected chi connectivity index (χ3v) is 3.37. The van der Waals surface area contributed by atoms with E-state index in [0.717, 1.165) is 10.0 Å². The Morgan fingerprint density at radius 2 is 2.07 bits per heavy atom. The zero-order valence-electron chi connectivity index (χ0n) is 8.96. The SMILES string of the molecule is CCC(C)(O)C(=O)Cc1ccccc1Br. The van der Waals surface area contributed by atoms with Crippen LogP contribution in [-0.4, -0.2) is 16.5 Å². The Morgan fingerprint density at radius 3 is 2.60 bits per heavy atom. The third-order valence-electron chi connectivity index (χ3n) is 2.60. The first-order valence-electron chi connectivity index (χ1n) is 4.96. The van der Waals surface area contributed by atoms with Crippen molar-refractivity contribution in [3.63, 3.8) is 0 Å². The second-order valence-electron chi connectivity index (χ2n) is 3.82. The van der Waals surface area contributed by atoms with Crippen molar-refractivity contribution in [1.82, 2.24) is 0 Å². The maximum Gasteiger partial charge on any atom is 0.168 e. The number of carbonyl (C=O) groups is 1. The largest absolute Gasteiger partial charge is 0.382 e. The van der Waals surface area contributed by atoms with Crippen LogP contribution in [0.25, 0.3) is 0 Å². The summed E-state index contributed by atoms with van der Waals surface area (Å²) in [6.45, 7) is 3.37. The minimum atomic E-state index is -1.21. The highest BCUT2D eigenvalue weighted by atomic mass is 79.9. The van der Waals surface area contributed by atoms with Crippen LogP contribution in [0.5, 0.6) is 0 Å². The maximum absolute atomic E-state index is 11.7. The average Bonchev–Trinajstić information content (AvgIpc) is 2.21. The van der Waals surface area contributed by atoms with Crippen LogP contribution < -0.4 is 0 Å².